The van der Waals surface area contributed by atoms with Gasteiger partial charge in [-0.2, -0.15) is 0 Å². The van der Waals surface area contributed by atoms with E-state index in [0.717, 1.165) is 15.7 Å². The molecule has 1 atom stereocenters. The molecule has 19 heavy (non-hydrogen) atoms. The highest BCUT2D eigenvalue weighted by molar-refractivity contribution is 9.10. The van der Waals surface area contributed by atoms with E-state index in [1.807, 2.05) is 31.2 Å². The second-order valence-electron chi connectivity index (χ2n) is 4.41. The predicted octanol–water partition coefficient (Wildman–Crippen LogP) is 4.01. The summed E-state index contributed by atoms with van der Waals surface area (Å²) in [4.78, 5) is 0. The van der Waals surface area contributed by atoms with Gasteiger partial charge in [0.15, 0.2) is 0 Å². The van der Waals surface area contributed by atoms with Crippen LogP contribution in [0.15, 0.2) is 46.9 Å². The molecule has 0 aromatic heterocycles. The van der Waals surface area contributed by atoms with Gasteiger partial charge in [-0.25, -0.2) is 4.39 Å². The third-order valence-corrected chi connectivity index (χ3v) is 3.54. The van der Waals surface area contributed by atoms with Crippen LogP contribution in [0.4, 0.5) is 10.1 Å². The van der Waals surface area contributed by atoms with Gasteiger partial charge in [-0.3, -0.25) is 0 Å². The van der Waals surface area contributed by atoms with Crippen LogP contribution >= 0.6 is 15.9 Å². The molecular weight excluding hydrogens is 307 g/mol. The summed E-state index contributed by atoms with van der Waals surface area (Å²) in [6.07, 6.45) is 0. The Hall–Kier alpha value is -1.39. The van der Waals surface area contributed by atoms with E-state index in [1.54, 1.807) is 12.1 Å². The first-order valence-corrected chi connectivity index (χ1v) is 6.88. The second-order valence-corrected chi connectivity index (χ2v) is 5.33. The van der Waals surface area contributed by atoms with Crippen LogP contribution in [0.3, 0.4) is 0 Å². The molecule has 0 aliphatic carbocycles. The monoisotopic (exact) mass is 322 g/mol. The summed E-state index contributed by atoms with van der Waals surface area (Å²) in [7, 11) is 0. The summed E-state index contributed by atoms with van der Waals surface area (Å²) >= 11 is 3.36. The highest BCUT2D eigenvalue weighted by atomic mass is 79.9. The smallest absolute Gasteiger partial charge is 0.128 e. The molecule has 0 aliphatic heterocycles. The van der Waals surface area contributed by atoms with Crippen LogP contribution in [-0.2, 0) is 0 Å². The third kappa shape index (κ3) is 3.33. The molecule has 0 aliphatic rings. The Morgan fingerprint density at radius 1 is 1.26 bits per heavy atom. The maximum atomic E-state index is 13.9. The van der Waals surface area contributed by atoms with Crippen molar-refractivity contribution in [1.29, 1.82) is 0 Å². The van der Waals surface area contributed by atoms with E-state index >= 15 is 0 Å². The van der Waals surface area contributed by atoms with Gasteiger partial charge in [0.05, 0.1) is 6.04 Å². The van der Waals surface area contributed by atoms with Crippen molar-refractivity contribution >= 4 is 21.6 Å². The standard InChI is InChI=1S/C15H16BrFN2/c1-10-4-2-3-5-14(10)19-15(9-18)12-8-11(16)6-7-13(12)17/h2-8,15,19H,9,18H2,1H3. The molecule has 0 saturated carbocycles. The van der Waals surface area contributed by atoms with E-state index in [9.17, 15) is 4.39 Å². The third-order valence-electron chi connectivity index (χ3n) is 3.04. The number of hydrogen-bond acceptors (Lipinski definition) is 2. The van der Waals surface area contributed by atoms with E-state index < -0.39 is 0 Å². The number of hydrogen-bond donors (Lipinski definition) is 2. The number of benzene rings is 2. The Kier molecular flexibility index (Phi) is 4.56. The number of nitrogens with one attached hydrogen (secondary N) is 1. The first-order valence-electron chi connectivity index (χ1n) is 6.09. The lowest BCUT2D eigenvalue weighted by Crippen LogP contribution is -2.22. The van der Waals surface area contributed by atoms with E-state index in [1.165, 1.54) is 6.07 Å². The molecule has 100 valence electrons. The Morgan fingerprint density at radius 3 is 2.68 bits per heavy atom. The van der Waals surface area contributed by atoms with Gasteiger partial charge in [0, 0.05) is 22.3 Å². The minimum atomic E-state index is -0.251. The maximum Gasteiger partial charge on any atom is 0.128 e. The first kappa shape index (κ1) is 14.0. The average molecular weight is 323 g/mol. The lowest BCUT2D eigenvalue weighted by Gasteiger charge is -2.20. The minimum absolute atomic E-state index is 0.250. The molecule has 2 aromatic rings. The minimum Gasteiger partial charge on any atom is -0.377 e. The lowest BCUT2D eigenvalue weighted by atomic mass is 10.1. The Morgan fingerprint density at radius 2 is 2.00 bits per heavy atom. The van der Waals surface area contributed by atoms with Gasteiger partial charge in [0.1, 0.15) is 5.82 Å². The Bertz CT molecular complexity index is 572. The summed E-state index contributed by atoms with van der Waals surface area (Å²) in [6.45, 7) is 2.33. The zero-order valence-corrected chi connectivity index (χ0v) is 12.2. The van der Waals surface area contributed by atoms with Gasteiger partial charge in [-0.05, 0) is 36.8 Å². The molecule has 0 bridgehead atoms. The van der Waals surface area contributed by atoms with E-state index in [-0.39, 0.29) is 11.9 Å². The fraction of sp³-hybridized carbons (Fsp3) is 0.200. The molecule has 1 unspecified atom stereocenters. The number of rotatable bonds is 4. The molecule has 0 radical (unpaired) electrons. The summed E-state index contributed by atoms with van der Waals surface area (Å²) in [5.74, 6) is -0.250. The Labute approximate surface area is 121 Å². The second kappa shape index (κ2) is 6.17. The van der Waals surface area contributed by atoms with Crippen LogP contribution in [0.1, 0.15) is 17.2 Å². The van der Waals surface area contributed by atoms with Crippen LogP contribution in [0.25, 0.3) is 0 Å². The van der Waals surface area contributed by atoms with Crippen LogP contribution in [0.5, 0.6) is 0 Å². The van der Waals surface area contributed by atoms with E-state index in [2.05, 4.69) is 21.2 Å². The average Bonchev–Trinajstić information content (AvgIpc) is 2.41. The lowest BCUT2D eigenvalue weighted by molar-refractivity contribution is 0.593. The molecule has 0 fully saturated rings. The fourth-order valence-corrected chi connectivity index (χ4v) is 2.35. The number of anilines is 1. The molecule has 0 saturated heterocycles. The maximum absolute atomic E-state index is 13.9. The van der Waals surface area contributed by atoms with Gasteiger partial charge in [0.25, 0.3) is 0 Å². The van der Waals surface area contributed by atoms with Gasteiger partial charge in [-0.15, -0.1) is 0 Å². The molecule has 0 spiro atoms. The number of halogens is 2. The molecule has 2 nitrogen and oxygen atoms in total. The van der Waals surface area contributed by atoms with Crippen LogP contribution in [0, 0.1) is 12.7 Å². The van der Waals surface area contributed by atoms with Crippen LogP contribution < -0.4 is 11.1 Å². The summed E-state index contributed by atoms with van der Waals surface area (Å²) < 4.78 is 14.7. The number of para-hydroxylation sites is 1. The van der Waals surface area contributed by atoms with Gasteiger partial charge < -0.3 is 11.1 Å². The van der Waals surface area contributed by atoms with Crippen molar-refractivity contribution in [2.24, 2.45) is 5.73 Å². The quantitative estimate of drug-likeness (QED) is 0.892. The first-order chi connectivity index (χ1) is 9.11. The highest BCUT2D eigenvalue weighted by Crippen LogP contribution is 2.25. The van der Waals surface area contributed by atoms with Gasteiger partial charge >= 0.3 is 0 Å². The summed E-state index contributed by atoms with van der Waals surface area (Å²) in [5.41, 5.74) is 8.42. The zero-order chi connectivity index (χ0) is 13.8. The van der Waals surface area contributed by atoms with E-state index in [4.69, 9.17) is 5.73 Å². The number of nitrogens with two attached hydrogens (primary N) is 1. The SMILES string of the molecule is Cc1ccccc1NC(CN)c1cc(Br)ccc1F. The van der Waals surface area contributed by atoms with Crippen LogP contribution in [-0.4, -0.2) is 6.54 Å². The van der Waals surface area contributed by atoms with Crippen molar-refractivity contribution in [3.8, 4) is 0 Å². The molecule has 4 heteroatoms. The normalized spacial score (nSPS) is 12.2. The fourth-order valence-electron chi connectivity index (χ4n) is 1.97. The largest absolute Gasteiger partial charge is 0.377 e. The van der Waals surface area contributed by atoms with Crippen molar-refractivity contribution in [2.45, 2.75) is 13.0 Å². The van der Waals surface area contributed by atoms with Crippen molar-refractivity contribution in [3.05, 3.63) is 63.9 Å². The molecular formula is C15H16BrFN2. The molecule has 2 rings (SSSR count). The van der Waals surface area contributed by atoms with Crippen molar-refractivity contribution in [3.63, 3.8) is 0 Å². The van der Waals surface area contributed by atoms with Gasteiger partial charge in [0.2, 0.25) is 0 Å². The molecule has 0 amide bonds. The van der Waals surface area contributed by atoms with Gasteiger partial charge in [-0.1, -0.05) is 34.1 Å². The predicted molar refractivity (Wildman–Crippen MR) is 80.7 cm³/mol. The zero-order valence-electron chi connectivity index (χ0n) is 10.7. The molecule has 2 aromatic carbocycles. The number of aryl methyl sites for hydroxylation is 1. The summed E-state index contributed by atoms with van der Waals surface area (Å²) in [5, 5.41) is 3.30. The topological polar surface area (TPSA) is 38.0 Å². The molecule has 0 heterocycles. The van der Waals surface area contributed by atoms with Crippen molar-refractivity contribution in [2.75, 3.05) is 11.9 Å². The Balaban J connectivity index is 2.30. The van der Waals surface area contributed by atoms with Crippen LogP contribution in [0.2, 0.25) is 0 Å². The molecule has 3 N–H and O–H groups in total. The highest BCUT2D eigenvalue weighted by Gasteiger charge is 2.15. The van der Waals surface area contributed by atoms with Crippen molar-refractivity contribution in [1.82, 2.24) is 0 Å². The van der Waals surface area contributed by atoms with E-state index in [0.29, 0.717) is 12.1 Å². The van der Waals surface area contributed by atoms with Crippen molar-refractivity contribution < 1.29 is 4.39 Å². The summed E-state index contributed by atoms with van der Waals surface area (Å²) in [6, 6.07) is 12.5.